The van der Waals surface area contributed by atoms with E-state index < -0.39 is 23.7 Å². The van der Waals surface area contributed by atoms with Crippen LogP contribution >= 0.6 is 0 Å². The number of aliphatic carboxylic acids is 1. The average molecular weight is 230 g/mol. The molecular formula is C11H12F2O3. The van der Waals surface area contributed by atoms with E-state index in [1.165, 1.54) is 6.07 Å². The fraction of sp³-hybridized carbons (Fsp3) is 0.364. The first-order valence-corrected chi connectivity index (χ1v) is 4.86. The molecule has 1 aromatic carbocycles. The minimum Gasteiger partial charge on any atom is -0.490 e. The Labute approximate surface area is 91.7 Å². The van der Waals surface area contributed by atoms with Gasteiger partial charge in [-0.25, -0.2) is 8.78 Å². The van der Waals surface area contributed by atoms with Crippen molar-refractivity contribution in [3.05, 3.63) is 29.8 Å². The quantitative estimate of drug-likeness (QED) is 0.845. The largest absolute Gasteiger partial charge is 0.490 e. The molecule has 1 rings (SSSR count). The zero-order valence-corrected chi connectivity index (χ0v) is 8.74. The fourth-order valence-electron chi connectivity index (χ4n) is 1.21. The monoisotopic (exact) mass is 230 g/mol. The first-order valence-electron chi connectivity index (χ1n) is 4.86. The molecule has 1 aromatic rings. The standard InChI is InChI=1S/C11H12F2O3/c1-2-7(6-11(14)15)16-8-3-4-9(12)10(13)5-8/h3-5,7H,2,6H2,1H3,(H,14,15). The summed E-state index contributed by atoms with van der Waals surface area (Å²) in [6, 6.07) is 3.11. The number of carboxylic acids is 1. The number of rotatable bonds is 5. The molecule has 0 aliphatic rings. The number of hydrogen-bond donors (Lipinski definition) is 1. The second kappa shape index (κ2) is 5.44. The molecule has 1 unspecified atom stereocenters. The molecule has 0 saturated carbocycles. The Morgan fingerprint density at radius 1 is 1.44 bits per heavy atom. The molecule has 0 aliphatic carbocycles. The molecule has 5 heteroatoms. The van der Waals surface area contributed by atoms with Crippen LogP contribution in [-0.2, 0) is 4.79 Å². The van der Waals surface area contributed by atoms with Gasteiger partial charge in [0.1, 0.15) is 11.9 Å². The highest BCUT2D eigenvalue weighted by molar-refractivity contribution is 5.67. The van der Waals surface area contributed by atoms with Crippen LogP contribution in [-0.4, -0.2) is 17.2 Å². The first kappa shape index (κ1) is 12.4. The van der Waals surface area contributed by atoms with Crippen molar-refractivity contribution in [2.24, 2.45) is 0 Å². The van der Waals surface area contributed by atoms with Crippen LogP contribution in [0.4, 0.5) is 8.78 Å². The Kier molecular flexibility index (Phi) is 4.22. The number of carboxylic acid groups (broad SMARTS) is 1. The van der Waals surface area contributed by atoms with Crippen molar-refractivity contribution < 1.29 is 23.4 Å². The highest BCUT2D eigenvalue weighted by Crippen LogP contribution is 2.18. The van der Waals surface area contributed by atoms with E-state index in [1.807, 2.05) is 0 Å². The second-order valence-electron chi connectivity index (χ2n) is 3.32. The van der Waals surface area contributed by atoms with Crippen LogP contribution in [0.3, 0.4) is 0 Å². The zero-order chi connectivity index (χ0) is 12.1. The summed E-state index contributed by atoms with van der Waals surface area (Å²) in [6.45, 7) is 1.76. The van der Waals surface area contributed by atoms with Gasteiger partial charge in [0.15, 0.2) is 11.6 Å². The highest BCUT2D eigenvalue weighted by atomic mass is 19.2. The van der Waals surface area contributed by atoms with E-state index in [0.717, 1.165) is 12.1 Å². The molecule has 88 valence electrons. The number of halogens is 2. The number of ether oxygens (including phenoxy) is 1. The van der Waals surface area contributed by atoms with Crippen molar-refractivity contribution in [3.63, 3.8) is 0 Å². The summed E-state index contributed by atoms with van der Waals surface area (Å²) in [5.41, 5.74) is 0. The molecule has 0 heterocycles. The van der Waals surface area contributed by atoms with Crippen molar-refractivity contribution in [1.29, 1.82) is 0 Å². The third kappa shape index (κ3) is 3.49. The van der Waals surface area contributed by atoms with Gasteiger partial charge in [-0.05, 0) is 18.6 Å². The van der Waals surface area contributed by atoms with Gasteiger partial charge in [0.05, 0.1) is 6.42 Å². The molecule has 0 bridgehead atoms. The SMILES string of the molecule is CCC(CC(=O)O)Oc1ccc(F)c(F)c1. The lowest BCUT2D eigenvalue weighted by Crippen LogP contribution is -2.19. The maximum absolute atomic E-state index is 12.8. The molecule has 16 heavy (non-hydrogen) atoms. The van der Waals surface area contributed by atoms with Gasteiger partial charge in [-0.15, -0.1) is 0 Å². The Balaban J connectivity index is 2.70. The van der Waals surface area contributed by atoms with Crippen LogP contribution in [0.1, 0.15) is 19.8 Å². The summed E-state index contributed by atoms with van der Waals surface area (Å²) >= 11 is 0. The molecule has 1 N–H and O–H groups in total. The Morgan fingerprint density at radius 3 is 2.62 bits per heavy atom. The smallest absolute Gasteiger partial charge is 0.307 e. The van der Waals surface area contributed by atoms with E-state index >= 15 is 0 Å². The number of hydrogen-bond acceptors (Lipinski definition) is 2. The van der Waals surface area contributed by atoms with E-state index in [0.29, 0.717) is 6.42 Å². The predicted molar refractivity (Wildman–Crippen MR) is 53.3 cm³/mol. The molecule has 0 spiro atoms. The summed E-state index contributed by atoms with van der Waals surface area (Å²) < 4.78 is 30.7. The summed E-state index contributed by atoms with van der Waals surface area (Å²) in [5, 5.41) is 8.58. The number of carbonyl (C=O) groups is 1. The van der Waals surface area contributed by atoms with Gasteiger partial charge in [-0.1, -0.05) is 6.92 Å². The maximum atomic E-state index is 12.8. The molecule has 1 atom stereocenters. The Hall–Kier alpha value is -1.65. The average Bonchev–Trinajstić information content (AvgIpc) is 2.22. The van der Waals surface area contributed by atoms with Crippen LogP contribution in [0.15, 0.2) is 18.2 Å². The normalized spacial score (nSPS) is 12.2. The number of benzene rings is 1. The topological polar surface area (TPSA) is 46.5 Å². The molecule has 0 aliphatic heterocycles. The van der Waals surface area contributed by atoms with Crippen molar-refractivity contribution in [3.8, 4) is 5.75 Å². The zero-order valence-electron chi connectivity index (χ0n) is 8.74. The van der Waals surface area contributed by atoms with Crippen molar-refractivity contribution in [2.75, 3.05) is 0 Å². The van der Waals surface area contributed by atoms with Gasteiger partial charge in [-0.2, -0.15) is 0 Å². The molecule has 0 amide bonds. The highest BCUT2D eigenvalue weighted by Gasteiger charge is 2.13. The lowest BCUT2D eigenvalue weighted by molar-refractivity contribution is -0.138. The summed E-state index contributed by atoms with van der Waals surface area (Å²) in [6.07, 6.45) is -0.233. The first-order chi connectivity index (χ1) is 7.52. The molecule has 0 radical (unpaired) electrons. The van der Waals surface area contributed by atoms with Crippen molar-refractivity contribution in [1.82, 2.24) is 0 Å². The van der Waals surface area contributed by atoms with Gasteiger partial charge in [0, 0.05) is 6.07 Å². The van der Waals surface area contributed by atoms with Crippen LogP contribution in [0.25, 0.3) is 0 Å². The van der Waals surface area contributed by atoms with Crippen molar-refractivity contribution >= 4 is 5.97 Å². The molecule has 0 saturated heterocycles. The Bertz CT molecular complexity index is 379. The third-order valence-electron chi connectivity index (χ3n) is 2.05. The van der Waals surface area contributed by atoms with Crippen LogP contribution in [0.5, 0.6) is 5.75 Å². The lowest BCUT2D eigenvalue weighted by atomic mass is 10.2. The van der Waals surface area contributed by atoms with Gasteiger partial charge >= 0.3 is 5.97 Å². The van der Waals surface area contributed by atoms with E-state index in [1.54, 1.807) is 6.92 Å². The Morgan fingerprint density at radius 2 is 2.12 bits per heavy atom. The second-order valence-corrected chi connectivity index (χ2v) is 3.32. The van der Waals surface area contributed by atoms with Crippen LogP contribution in [0, 0.1) is 11.6 Å². The molecule has 0 fully saturated rings. The van der Waals surface area contributed by atoms with E-state index in [2.05, 4.69) is 0 Å². The van der Waals surface area contributed by atoms with E-state index in [4.69, 9.17) is 9.84 Å². The minimum absolute atomic E-state index is 0.131. The summed E-state index contributed by atoms with van der Waals surface area (Å²) in [7, 11) is 0. The van der Waals surface area contributed by atoms with Gasteiger partial charge in [-0.3, -0.25) is 4.79 Å². The van der Waals surface area contributed by atoms with Gasteiger partial charge < -0.3 is 9.84 Å². The van der Waals surface area contributed by atoms with Gasteiger partial charge in [0.2, 0.25) is 0 Å². The van der Waals surface area contributed by atoms with E-state index in [-0.39, 0.29) is 12.2 Å². The van der Waals surface area contributed by atoms with Crippen LogP contribution in [0.2, 0.25) is 0 Å². The lowest BCUT2D eigenvalue weighted by Gasteiger charge is -2.15. The maximum Gasteiger partial charge on any atom is 0.307 e. The van der Waals surface area contributed by atoms with E-state index in [9.17, 15) is 13.6 Å². The minimum atomic E-state index is -1.01. The molecular weight excluding hydrogens is 218 g/mol. The molecule has 0 aromatic heterocycles. The van der Waals surface area contributed by atoms with Crippen molar-refractivity contribution in [2.45, 2.75) is 25.9 Å². The summed E-state index contributed by atoms with van der Waals surface area (Å²) in [4.78, 5) is 10.5. The molecule has 3 nitrogen and oxygen atoms in total. The predicted octanol–water partition coefficient (Wildman–Crippen LogP) is 2.60. The van der Waals surface area contributed by atoms with Gasteiger partial charge in [0.25, 0.3) is 0 Å². The third-order valence-corrected chi connectivity index (χ3v) is 2.05. The fourth-order valence-corrected chi connectivity index (χ4v) is 1.21. The summed E-state index contributed by atoms with van der Waals surface area (Å²) in [5.74, 6) is -2.83. The van der Waals surface area contributed by atoms with Crippen LogP contribution < -0.4 is 4.74 Å².